The number of halogens is 3. The molecule has 0 bridgehead atoms. The monoisotopic (exact) mass is 499 g/mol. The molecule has 9 nitrogen and oxygen atoms in total. The van der Waals surface area contributed by atoms with E-state index in [1.807, 2.05) is 0 Å². The molecule has 2 aromatic heterocycles. The summed E-state index contributed by atoms with van der Waals surface area (Å²) in [5.74, 6) is -1.20. The van der Waals surface area contributed by atoms with Gasteiger partial charge in [-0.3, -0.25) is 9.88 Å². The largest absolute Gasteiger partial charge is 0.442 e. The number of pyridine rings is 1. The van der Waals surface area contributed by atoms with Gasteiger partial charge in [-0.05, 0) is 18.2 Å². The Balaban J connectivity index is 0.00000253. The summed E-state index contributed by atoms with van der Waals surface area (Å²) >= 11 is 0. The molecule has 3 fully saturated rings. The molecule has 1 aliphatic carbocycles. The van der Waals surface area contributed by atoms with E-state index >= 15 is 8.78 Å². The first-order chi connectivity index (χ1) is 16.5. The molecule has 1 saturated carbocycles. The van der Waals surface area contributed by atoms with Crippen LogP contribution in [0, 0.1) is 34.8 Å². The highest BCUT2D eigenvalue weighted by Crippen LogP contribution is 2.60. The number of nitrogens with zero attached hydrogens (tertiary/aromatic N) is 6. The lowest BCUT2D eigenvalue weighted by Gasteiger charge is -2.16. The minimum Gasteiger partial charge on any atom is -0.442 e. The average molecular weight is 500 g/mol. The van der Waals surface area contributed by atoms with Crippen LogP contribution < -0.4 is 10.2 Å². The first kappa shape index (κ1) is 23.1. The molecule has 2 unspecified atom stereocenters. The summed E-state index contributed by atoms with van der Waals surface area (Å²) in [6, 6.07) is 7.89. The van der Waals surface area contributed by atoms with Crippen molar-refractivity contribution >= 4 is 24.2 Å². The molecule has 3 aliphatic rings. The Morgan fingerprint density at radius 3 is 2.57 bits per heavy atom. The van der Waals surface area contributed by atoms with Crippen LogP contribution in [0.25, 0.3) is 11.1 Å². The van der Waals surface area contributed by atoms with Gasteiger partial charge in [-0.2, -0.15) is 5.26 Å². The number of benzene rings is 1. The van der Waals surface area contributed by atoms with Gasteiger partial charge in [0.25, 0.3) is 0 Å². The van der Waals surface area contributed by atoms with Crippen LogP contribution in [-0.2, 0) is 16.7 Å². The first-order valence-corrected chi connectivity index (χ1v) is 10.9. The SMILES string of the molecule is Cl.N#CC1(c2ccc(-c3c(F)cc(N4C[C@H](Cn5ccnn5)OC4=O)cc3F)cn2)C2CNCC21. The Bertz CT molecular complexity index is 1280. The number of aromatic nitrogens is 4. The van der Waals surface area contributed by atoms with Gasteiger partial charge in [0.05, 0.1) is 42.3 Å². The van der Waals surface area contributed by atoms with Crippen molar-refractivity contribution in [1.82, 2.24) is 25.3 Å². The lowest BCUT2D eigenvalue weighted by atomic mass is 9.95. The third kappa shape index (κ3) is 3.61. The summed E-state index contributed by atoms with van der Waals surface area (Å²) in [7, 11) is 0. The van der Waals surface area contributed by atoms with E-state index in [0.717, 1.165) is 25.2 Å². The number of rotatable bonds is 5. The zero-order valence-corrected chi connectivity index (χ0v) is 19.1. The van der Waals surface area contributed by atoms with Gasteiger partial charge in [-0.15, -0.1) is 17.5 Å². The Labute approximate surface area is 205 Å². The van der Waals surface area contributed by atoms with Crippen molar-refractivity contribution in [2.45, 2.75) is 18.1 Å². The highest BCUT2D eigenvalue weighted by Gasteiger charge is 2.69. The maximum absolute atomic E-state index is 15.1. The number of fused-ring (bicyclic) bond motifs is 1. The number of cyclic esters (lactones) is 1. The van der Waals surface area contributed by atoms with Crippen molar-refractivity contribution in [1.29, 1.82) is 5.26 Å². The van der Waals surface area contributed by atoms with Crippen LogP contribution in [-0.4, -0.2) is 51.8 Å². The van der Waals surface area contributed by atoms with Crippen LogP contribution in [0.1, 0.15) is 5.69 Å². The number of hydrogen-bond acceptors (Lipinski definition) is 7. The molecular weight excluding hydrogens is 480 g/mol. The molecule has 1 amide bonds. The molecule has 35 heavy (non-hydrogen) atoms. The second kappa shape index (κ2) is 8.55. The van der Waals surface area contributed by atoms with Crippen LogP contribution in [0.15, 0.2) is 42.9 Å². The number of ether oxygens (including phenoxy) is 1. The number of nitriles is 1. The van der Waals surface area contributed by atoms with Gasteiger partial charge < -0.3 is 10.1 Å². The number of hydrogen-bond donors (Lipinski definition) is 1. The Morgan fingerprint density at radius 2 is 1.97 bits per heavy atom. The number of piperidine rings is 1. The Morgan fingerprint density at radius 1 is 1.23 bits per heavy atom. The highest BCUT2D eigenvalue weighted by molar-refractivity contribution is 5.90. The van der Waals surface area contributed by atoms with Crippen molar-refractivity contribution in [3.63, 3.8) is 0 Å². The molecule has 2 saturated heterocycles. The minimum absolute atomic E-state index is 0. The summed E-state index contributed by atoms with van der Waals surface area (Å²) in [5.41, 5.74) is 0.0968. The molecule has 180 valence electrons. The molecule has 2 aliphatic heterocycles. The van der Waals surface area contributed by atoms with Gasteiger partial charge in [0.1, 0.15) is 23.2 Å². The number of nitrogens with one attached hydrogen (secondary N) is 1. The molecule has 0 radical (unpaired) electrons. The van der Waals surface area contributed by atoms with Gasteiger partial charge in [-0.1, -0.05) is 11.3 Å². The van der Waals surface area contributed by atoms with Crippen LogP contribution in [0.3, 0.4) is 0 Å². The fraction of sp³-hybridized carbons (Fsp3) is 0.348. The normalized spacial score (nSPS) is 26.6. The Hall–Kier alpha value is -3.62. The highest BCUT2D eigenvalue weighted by atomic mass is 35.5. The third-order valence-corrected chi connectivity index (χ3v) is 7.01. The van der Waals surface area contributed by atoms with Crippen molar-refractivity contribution in [2.75, 3.05) is 24.5 Å². The number of carbonyl (C=O) groups is 1. The maximum atomic E-state index is 15.1. The average Bonchev–Trinajstić information content (AvgIpc) is 3.34. The van der Waals surface area contributed by atoms with Crippen LogP contribution in [0.2, 0.25) is 0 Å². The third-order valence-electron chi connectivity index (χ3n) is 7.01. The fourth-order valence-electron chi connectivity index (χ4n) is 5.29. The standard InChI is InChI=1S/C23H19F2N7O2.ClH/c24-18-5-14(32-11-15(34-22(32)33)10-31-4-3-29-30-31)6-19(25)21(18)13-1-2-20(28-7-13)23(12-26)16-8-27-9-17(16)23;/h1-7,15-17,27H,8-11H2;1H/t15-,16?,17?,23?;/m0./s1. The summed E-state index contributed by atoms with van der Waals surface area (Å²) in [4.78, 5) is 17.9. The predicted molar refractivity (Wildman–Crippen MR) is 122 cm³/mol. The zero-order valence-electron chi connectivity index (χ0n) is 18.3. The van der Waals surface area contributed by atoms with E-state index in [0.29, 0.717) is 5.69 Å². The van der Waals surface area contributed by atoms with Crippen molar-refractivity contribution in [2.24, 2.45) is 11.8 Å². The van der Waals surface area contributed by atoms with Gasteiger partial charge in [0.2, 0.25) is 0 Å². The molecule has 0 spiro atoms. The molecule has 1 N–H and O–H groups in total. The summed E-state index contributed by atoms with van der Waals surface area (Å²) in [6.07, 6.45) is 3.33. The van der Waals surface area contributed by atoms with E-state index in [4.69, 9.17) is 4.74 Å². The number of amides is 1. The lowest BCUT2D eigenvalue weighted by molar-refractivity contribution is 0.129. The van der Waals surface area contributed by atoms with Gasteiger partial charge in [0.15, 0.2) is 0 Å². The zero-order chi connectivity index (χ0) is 23.4. The van der Waals surface area contributed by atoms with Crippen molar-refractivity contribution in [3.8, 4) is 17.2 Å². The van der Waals surface area contributed by atoms with E-state index in [1.54, 1.807) is 18.3 Å². The molecular formula is C23H20ClF2N7O2. The smallest absolute Gasteiger partial charge is 0.414 e. The first-order valence-electron chi connectivity index (χ1n) is 10.9. The number of anilines is 1. The van der Waals surface area contributed by atoms with Crippen molar-refractivity contribution in [3.05, 3.63) is 60.2 Å². The minimum atomic E-state index is -0.820. The van der Waals surface area contributed by atoms with Crippen LogP contribution in [0.4, 0.5) is 19.3 Å². The maximum Gasteiger partial charge on any atom is 0.414 e. The Kier molecular flexibility index (Phi) is 5.65. The topological polar surface area (TPSA) is 109 Å². The van der Waals surface area contributed by atoms with Crippen LogP contribution >= 0.6 is 12.4 Å². The van der Waals surface area contributed by atoms with E-state index in [9.17, 15) is 10.1 Å². The van der Waals surface area contributed by atoms with E-state index < -0.39 is 29.2 Å². The van der Waals surface area contributed by atoms with E-state index in [2.05, 4.69) is 26.7 Å². The quantitative estimate of drug-likeness (QED) is 0.575. The summed E-state index contributed by atoms with van der Waals surface area (Å²) < 4.78 is 36.9. The molecule has 3 aromatic rings. The van der Waals surface area contributed by atoms with Gasteiger partial charge >= 0.3 is 6.09 Å². The second-order valence-electron chi connectivity index (χ2n) is 8.81. The molecule has 3 atom stereocenters. The second-order valence-corrected chi connectivity index (χ2v) is 8.81. The predicted octanol–water partition coefficient (Wildman–Crippen LogP) is 2.68. The van der Waals surface area contributed by atoms with Crippen LogP contribution in [0.5, 0.6) is 0 Å². The summed E-state index contributed by atoms with van der Waals surface area (Å²) in [5, 5.41) is 20.5. The molecule has 4 heterocycles. The molecule has 1 aromatic carbocycles. The van der Waals surface area contributed by atoms with E-state index in [-0.39, 0.29) is 54.1 Å². The lowest BCUT2D eigenvalue weighted by Crippen LogP contribution is -2.26. The summed E-state index contributed by atoms with van der Waals surface area (Å²) in [6.45, 7) is 1.95. The van der Waals surface area contributed by atoms with E-state index in [1.165, 1.54) is 22.0 Å². The number of carbonyl (C=O) groups excluding carboxylic acids is 1. The van der Waals surface area contributed by atoms with Crippen molar-refractivity contribution < 1.29 is 18.3 Å². The molecule has 12 heteroatoms. The van der Waals surface area contributed by atoms with Gasteiger partial charge in [-0.25, -0.2) is 18.3 Å². The fourth-order valence-corrected chi connectivity index (χ4v) is 5.29. The van der Waals surface area contributed by atoms with Gasteiger partial charge in [0, 0.05) is 42.9 Å². The molecule has 6 rings (SSSR count).